The van der Waals surface area contributed by atoms with Crippen molar-refractivity contribution in [1.82, 2.24) is 9.97 Å². The second kappa shape index (κ2) is 3.78. The summed E-state index contributed by atoms with van der Waals surface area (Å²) in [5.74, 6) is 0.655. The van der Waals surface area contributed by atoms with Gasteiger partial charge in [0.2, 0.25) is 5.28 Å². The molecule has 0 radical (unpaired) electrons. The first-order valence-electron chi connectivity index (χ1n) is 2.88. The van der Waals surface area contributed by atoms with Crippen molar-refractivity contribution in [3.05, 3.63) is 11.5 Å². The maximum atomic E-state index is 5.56. The first-order chi connectivity index (χ1) is 5.27. The highest BCUT2D eigenvalue weighted by molar-refractivity contribution is 7.98. The zero-order chi connectivity index (χ0) is 8.27. The molecule has 5 heteroatoms. The lowest BCUT2D eigenvalue weighted by Crippen LogP contribution is -1.91. The third-order valence-corrected chi connectivity index (χ3v) is 1.97. The number of nitrogens with zero attached hydrogens (tertiary/aromatic N) is 2. The molecule has 1 heterocycles. The van der Waals surface area contributed by atoms with Crippen LogP contribution in [0.25, 0.3) is 0 Å². The number of hydrogen-bond acceptors (Lipinski definition) is 4. The molecule has 0 unspecified atom stereocenters. The van der Waals surface area contributed by atoms with E-state index in [1.165, 1.54) is 11.8 Å². The first-order valence-corrected chi connectivity index (χ1v) is 4.48. The Balaban J connectivity index is 3.06. The maximum Gasteiger partial charge on any atom is 0.223 e. The second-order valence-electron chi connectivity index (χ2n) is 1.72. The Labute approximate surface area is 74.1 Å². The van der Waals surface area contributed by atoms with Gasteiger partial charge in [-0.1, -0.05) is 0 Å². The fraction of sp³-hybridized carbons (Fsp3) is 0.333. The highest BCUT2D eigenvalue weighted by Crippen LogP contribution is 2.24. The Bertz CT molecular complexity index is 256. The minimum Gasteiger partial charge on any atom is -0.492 e. The standard InChI is InChI=1S/C6H7ClN2OS/c1-10-4-3-8-6(7)9-5(4)11-2/h3H,1-2H3. The summed E-state index contributed by atoms with van der Waals surface area (Å²) in [6.07, 6.45) is 3.46. The van der Waals surface area contributed by atoms with Gasteiger partial charge < -0.3 is 4.74 Å². The van der Waals surface area contributed by atoms with E-state index >= 15 is 0 Å². The highest BCUT2D eigenvalue weighted by Gasteiger charge is 2.03. The van der Waals surface area contributed by atoms with Crippen molar-refractivity contribution in [3.8, 4) is 5.75 Å². The van der Waals surface area contributed by atoms with Gasteiger partial charge in [-0.3, -0.25) is 0 Å². The Morgan fingerprint density at radius 1 is 1.64 bits per heavy atom. The van der Waals surface area contributed by atoms with Gasteiger partial charge in [0.25, 0.3) is 0 Å². The molecule has 3 nitrogen and oxygen atoms in total. The van der Waals surface area contributed by atoms with E-state index in [0.717, 1.165) is 5.03 Å². The average Bonchev–Trinajstić information content (AvgIpc) is 2.04. The molecule has 0 bridgehead atoms. The Morgan fingerprint density at radius 3 is 2.91 bits per heavy atom. The van der Waals surface area contributed by atoms with E-state index in [2.05, 4.69) is 9.97 Å². The van der Waals surface area contributed by atoms with Gasteiger partial charge in [-0.05, 0) is 17.9 Å². The van der Waals surface area contributed by atoms with E-state index < -0.39 is 0 Å². The average molecular weight is 191 g/mol. The van der Waals surface area contributed by atoms with Crippen LogP contribution in [0, 0.1) is 0 Å². The first kappa shape index (κ1) is 8.62. The molecule has 0 saturated heterocycles. The van der Waals surface area contributed by atoms with Crippen LogP contribution in [0.5, 0.6) is 5.75 Å². The van der Waals surface area contributed by atoms with Crippen molar-refractivity contribution >= 4 is 23.4 Å². The minimum absolute atomic E-state index is 0.246. The topological polar surface area (TPSA) is 35.0 Å². The fourth-order valence-electron chi connectivity index (χ4n) is 0.621. The smallest absolute Gasteiger partial charge is 0.223 e. The molecule has 0 amide bonds. The number of methoxy groups -OCH3 is 1. The Kier molecular flexibility index (Phi) is 2.96. The van der Waals surface area contributed by atoms with Crippen LogP contribution in [-0.2, 0) is 0 Å². The molecule has 60 valence electrons. The van der Waals surface area contributed by atoms with Gasteiger partial charge in [0.1, 0.15) is 5.03 Å². The van der Waals surface area contributed by atoms with Crippen molar-refractivity contribution in [1.29, 1.82) is 0 Å². The lowest BCUT2D eigenvalue weighted by molar-refractivity contribution is 0.398. The zero-order valence-electron chi connectivity index (χ0n) is 6.17. The second-order valence-corrected chi connectivity index (χ2v) is 2.85. The van der Waals surface area contributed by atoms with E-state index in [9.17, 15) is 0 Å². The SMILES string of the molecule is COc1cnc(Cl)nc1SC. The molecule has 0 saturated carbocycles. The van der Waals surface area contributed by atoms with E-state index in [1.807, 2.05) is 6.26 Å². The van der Waals surface area contributed by atoms with Gasteiger partial charge in [-0.2, -0.15) is 0 Å². The van der Waals surface area contributed by atoms with Gasteiger partial charge in [0.15, 0.2) is 5.75 Å². The minimum atomic E-state index is 0.246. The predicted molar refractivity (Wildman–Crippen MR) is 45.4 cm³/mol. The molecule has 0 aliphatic heterocycles. The van der Waals surface area contributed by atoms with E-state index in [0.29, 0.717) is 5.75 Å². The molecule has 0 fully saturated rings. The van der Waals surface area contributed by atoms with Crippen LogP contribution in [0.3, 0.4) is 0 Å². The normalized spacial score (nSPS) is 9.73. The molecular formula is C6H7ClN2OS. The maximum absolute atomic E-state index is 5.56. The van der Waals surface area contributed by atoms with Crippen LogP contribution >= 0.6 is 23.4 Å². The van der Waals surface area contributed by atoms with Crippen LogP contribution in [0.4, 0.5) is 0 Å². The summed E-state index contributed by atoms with van der Waals surface area (Å²) in [4.78, 5) is 7.73. The molecule has 0 atom stereocenters. The van der Waals surface area contributed by atoms with Gasteiger partial charge in [-0.15, -0.1) is 11.8 Å². The summed E-state index contributed by atoms with van der Waals surface area (Å²) in [5, 5.41) is 1.00. The molecule has 0 N–H and O–H groups in total. The van der Waals surface area contributed by atoms with Gasteiger partial charge >= 0.3 is 0 Å². The number of hydrogen-bond donors (Lipinski definition) is 0. The molecule has 11 heavy (non-hydrogen) atoms. The lowest BCUT2D eigenvalue weighted by Gasteiger charge is -2.02. The number of aromatic nitrogens is 2. The third kappa shape index (κ3) is 1.97. The van der Waals surface area contributed by atoms with Crippen LogP contribution in [0.2, 0.25) is 5.28 Å². The quantitative estimate of drug-likeness (QED) is 0.405. The van der Waals surface area contributed by atoms with E-state index in [4.69, 9.17) is 16.3 Å². The van der Waals surface area contributed by atoms with Gasteiger partial charge in [-0.25, -0.2) is 9.97 Å². The summed E-state index contributed by atoms with van der Waals surface area (Å²) < 4.78 is 4.99. The number of ether oxygens (including phenoxy) is 1. The molecule has 1 rings (SSSR count). The molecule has 0 spiro atoms. The van der Waals surface area contributed by atoms with E-state index in [-0.39, 0.29) is 5.28 Å². The summed E-state index contributed by atoms with van der Waals surface area (Å²) in [5.41, 5.74) is 0. The monoisotopic (exact) mass is 190 g/mol. The van der Waals surface area contributed by atoms with Crippen LogP contribution in [0.1, 0.15) is 0 Å². The lowest BCUT2D eigenvalue weighted by atomic mass is 10.6. The van der Waals surface area contributed by atoms with Crippen molar-refractivity contribution in [3.63, 3.8) is 0 Å². The van der Waals surface area contributed by atoms with Gasteiger partial charge in [0, 0.05) is 0 Å². The third-order valence-electron chi connectivity index (χ3n) is 1.11. The summed E-state index contributed by atoms with van der Waals surface area (Å²) in [7, 11) is 1.58. The number of halogens is 1. The fourth-order valence-corrected chi connectivity index (χ4v) is 1.32. The van der Waals surface area contributed by atoms with Gasteiger partial charge in [0.05, 0.1) is 13.3 Å². The number of rotatable bonds is 2. The zero-order valence-corrected chi connectivity index (χ0v) is 7.74. The molecular weight excluding hydrogens is 184 g/mol. The summed E-state index contributed by atoms with van der Waals surface area (Å²) >= 11 is 7.04. The Morgan fingerprint density at radius 2 is 2.36 bits per heavy atom. The van der Waals surface area contributed by atoms with Crippen molar-refractivity contribution in [2.45, 2.75) is 5.03 Å². The Hall–Kier alpha value is -0.480. The van der Waals surface area contributed by atoms with Crippen LogP contribution in [-0.4, -0.2) is 23.3 Å². The number of thioether (sulfide) groups is 1. The molecule has 1 aromatic heterocycles. The van der Waals surface area contributed by atoms with Crippen LogP contribution in [0.15, 0.2) is 11.2 Å². The van der Waals surface area contributed by atoms with Crippen molar-refractivity contribution < 1.29 is 4.74 Å². The highest BCUT2D eigenvalue weighted by atomic mass is 35.5. The molecule has 0 aliphatic rings. The van der Waals surface area contributed by atoms with Crippen molar-refractivity contribution in [2.24, 2.45) is 0 Å². The summed E-state index contributed by atoms with van der Waals surface area (Å²) in [6, 6.07) is 0. The molecule has 0 aliphatic carbocycles. The molecule has 0 aromatic carbocycles. The largest absolute Gasteiger partial charge is 0.492 e. The summed E-state index contributed by atoms with van der Waals surface area (Å²) in [6.45, 7) is 0. The van der Waals surface area contributed by atoms with Crippen molar-refractivity contribution in [2.75, 3.05) is 13.4 Å². The predicted octanol–water partition coefficient (Wildman–Crippen LogP) is 1.86. The van der Waals surface area contributed by atoms with E-state index in [1.54, 1.807) is 13.3 Å². The van der Waals surface area contributed by atoms with Crippen LogP contribution < -0.4 is 4.74 Å². The molecule has 1 aromatic rings.